The Morgan fingerprint density at radius 2 is 1.81 bits per heavy atom. The first kappa shape index (κ1) is 27.3. The van der Waals surface area contributed by atoms with Gasteiger partial charge >= 0.3 is 0 Å². The minimum absolute atomic E-state index is 0.0238. The van der Waals surface area contributed by atoms with E-state index in [0.29, 0.717) is 35.6 Å². The third-order valence-corrected chi connectivity index (χ3v) is 7.92. The molecule has 214 valence electrons. The number of para-hydroxylation sites is 3. The first-order valence-electron chi connectivity index (χ1n) is 14.0. The first-order valence-corrected chi connectivity index (χ1v) is 14.0. The summed E-state index contributed by atoms with van der Waals surface area (Å²) in [7, 11) is 3.22. The number of hydrogen-bond donors (Lipinski definition) is 2. The Hall–Kier alpha value is -4.85. The largest absolute Gasteiger partial charge is 0.497 e. The molecular formula is C34H34N4O4. The van der Waals surface area contributed by atoms with Crippen molar-refractivity contribution in [2.45, 2.75) is 32.7 Å². The molecule has 1 amide bonds. The predicted octanol–water partition coefficient (Wildman–Crippen LogP) is 6.51. The Kier molecular flexibility index (Phi) is 7.06. The van der Waals surface area contributed by atoms with E-state index in [9.17, 15) is 9.59 Å². The molecule has 0 radical (unpaired) electrons. The van der Waals surface area contributed by atoms with E-state index in [-0.39, 0.29) is 23.7 Å². The van der Waals surface area contributed by atoms with Crippen molar-refractivity contribution in [3.8, 4) is 11.5 Å². The summed E-state index contributed by atoms with van der Waals surface area (Å²) >= 11 is 0. The summed E-state index contributed by atoms with van der Waals surface area (Å²) in [5.74, 6) is 1.05. The number of rotatable bonds is 6. The zero-order valence-electron chi connectivity index (χ0n) is 24.2. The van der Waals surface area contributed by atoms with E-state index in [1.54, 1.807) is 20.4 Å². The van der Waals surface area contributed by atoms with Crippen LogP contribution in [0.3, 0.4) is 0 Å². The summed E-state index contributed by atoms with van der Waals surface area (Å²) in [6.07, 6.45) is 2.75. The number of nitrogens with one attached hydrogen (secondary N) is 2. The van der Waals surface area contributed by atoms with Gasteiger partial charge in [-0.3, -0.25) is 14.6 Å². The van der Waals surface area contributed by atoms with Crippen molar-refractivity contribution in [2.24, 2.45) is 5.41 Å². The number of fused-ring (bicyclic) bond motifs is 2. The molecule has 8 heteroatoms. The minimum atomic E-state index is -0.606. The Balaban J connectivity index is 1.49. The summed E-state index contributed by atoms with van der Waals surface area (Å²) in [5, 5.41) is 7.56. The molecule has 0 saturated carbocycles. The number of pyridine rings is 1. The molecule has 0 spiro atoms. The molecule has 1 aliphatic carbocycles. The molecule has 2 aliphatic rings. The number of ether oxygens (including phenoxy) is 2. The number of methoxy groups -OCH3 is 2. The first-order chi connectivity index (χ1) is 20.3. The van der Waals surface area contributed by atoms with Crippen LogP contribution in [0.4, 0.5) is 17.1 Å². The van der Waals surface area contributed by atoms with Crippen LogP contribution in [0, 0.1) is 5.41 Å². The molecule has 8 nitrogen and oxygen atoms in total. The number of carbonyl (C=O) groups is 2. The molecule has 2 N–H and O–H groups in total. The van der Waals surface area contributed by atoms with Gasteiger partial charge in [-0.15, -0.1) is 0 Å². The van der Waals surface area contributed by atoms with E-state index in [4.69, 9.17) is 9.47 Å². The van der Waals surface area contributed by atoms with E-state index < -0.39 is 6.04 Å². The van der Waals surface area contributed by atoms with Crippen LogP contribution in [-0.4, -0.2) is 37.4 Å². The molecule has 0 bridgehead atoms. The van der Waals surface area contributed by atoms with Crippen molar-refractivity contribution in [3.05, 3.63) is 95.8 Å². The highest BCUT2D eigenvalue weighted by molar-refractivity contribution is 6.03. The summed E-state index contributed by atoms with van der Waals surface area (Å²) in [6, 6.07) is 22.5. The summed E-state index contributed by atoms with van der Waals surface area (Å²) in [6.45, 7) is 4.19. The van der Waals surface area contributed by atoms with Crippen molar-refractivity contribution in [1.82, 2.24) is 4.98 Å². The Morgan fingerprint density at radius 3 is 2.62 bits per heavy atom. The van der Waals surface area contributed by atoms with Crippen LogP contribution < -0.4 is 25.0 Å². The summed E-state index contributed by atoms with van der Waals surface area (Å²) in [4.78, 5) is 34.3. The number of aromatic nitrogens is 1. The van der Waals surface area contributed by atoms with Crippen LogP contribution in [0.5, 0.6) is 11.5 Å². The average Bonchev–Trinajstić information content (AvgIpc) is 3.10. The summed E-state index contributed by atoms with van der Waals surface area (Å²) in [5.41, 5.74) is 5.13. The van der Waals surface area contributed by atoms with Gasteiger partial charge in [0.2, 0.25) is 5.91 Å². The SMILES string of the molecule is COc1ccc(OC)c(C2C3=C(CC(C)(C)CC3=O)Nc3ccccc3N2CC(=O)Nc2cnc3ccccc3c2)c1. The highest BCUT2D eigenvalue weighted by atomic mass is 16.5. The van der Waals surface area contributed by atoms with Gasteiger partial charge in [-0.2, -0.15) is 0 Å². The van der Waals surface area contributed by atoms with Gasteiger partial charge in [-0.1, -0.05) is 44.2 Å². The predicted molar refractivity (Wildman–Crippen MR) is 165 cm³/mol. The maximum absolute atomic E-state index is 14.0. The minimum Gasteiger partial charge on any atom is -0.497 e. The molecule has 1 aliphatic heterocycles. The molecule has 4 aromatic rings. The van der Waals surface area contributed by atoms with Crippen molar-refractivity contribution in [2.75, 3.05) is 36.3 Å². The lowest BCUT2D eigenvalue weighted by atomic mass is 9.73. The van der Waals surface area contributed by atoms with E-state index >= 15 is 0 Å². The monoisotopic (exact) mass is 562 g/mol. The number of allylic oxidation sites excluding steroid dienone is 1. The van der Waals surface area contributed by atoms with Gasteiger partial charge in [0.15, 0.2) is 5.78 Å². The highest BCUT2D eigenvalue weighted by Gasteiger charge is 2.43. The Bertz CT molecular complexity index is 1730. The maximum atomic E-state index is 14.0. The number of Topliss-reactive ketones (excluding diaryl/α,β-unsaturated/α-hetero) is 1. The van der Waals surface area contributed by atoms with Crippen LogP contribution in [-0.2, 0) is 9.59 Å². The third-order valence-electron chi connectivity index (χ3n) is 7.92. The van der Waals surface area contributed by atoms with Crippen LogP contribution in [0.1, 0.15) is 38.3 Å². The molecule has 1 unspecified atom stereocenters. The molecule has 0 saturated heterocycles. The lowest BCUT2D eigenvalue weighted by molar-refractivity contribution is -0.119. The number of nitrogens with zero attached hydrogens (tertiary/aromatic N) is 2. The number of carbonyl (C=O) groups excluding carboxylic acids is 2. The van der Waals surface area contributed by atoms with Gasteiger partial charge in [0.1, 0.15) is 11.5 Å². The van der Waals surface area contributed by atoms with E-state index in [1.165, 1.54) is 0 Å². The standard InChI is InChI=1S/C34H34N4O4/c1-34(2)17-27-32(29(39)18-34)33(24-16-23(41-3)13-14-30(24)42-4)38(28-12-8-7-11-26(28)37-27)20-31(40)36-22-15-21-9-5-6-10-25(21)35-19-22/h5-16,19,33,37H,17-18,20H2,1-4H3,(H,36,40). The van der Waals surface area contributed by atoms with Gasteiger partial charge in [-0.05, 0) is 54.3 Å². The molecule has 6 rings (SSSR count). The average molecular weight is 563 g/mol. The van der Waals surface area contributed by atoms with Crippen LogP contribution in [0.2, 0.25) is 0 Å². The lowest BCUT2D eigenvalue weighted by Crippen LogP contribution is -2.40. The quantitative estimate of drug-likeness (QED) is 0.277. The third kappa shape index (κ3) is 5.16. The van der Waals surface area contributed by atoms with Crippen molar-refractivity contribution < 1.29 is 19.1 Å². The Labute approximate surface area is 245 Å². The molecule has 0 fully saturated rings. The van der Waals surface area contributed by atoms with Crippen LogP contribution >= 0.6 is 0 Å². The number of benzene rings is 3. The Morgan fingerprint density at radius 1 is 1.02 bits per heavy atom. The molecule has 1 atom stereocenters. The zero-order valence-corrected chi connectivity index (χ0v) is 24.2. The molecular weight excluding hydrogens is 528 g/mol. The second-order valence-corrected chi connectivity index (χ2v) is 11.6. The number of hydrogen-bond acceptors (Lipinski definition) is 7. The van der Waals surface area contributed by atoms with Crippen LogP contribution in [0.15, 0.2) is 90.3 Å². The fraction of sp³-hybridized carbons (Fsp3) is 0.265. The smallest absolute Gasteiger partial charge is 0.243 e. The number of ketones is 1. The number of amides is 1. The number of anilines is 3. The van der Waals surface area contributed by atoms with Gasteiger partial charge in [-0.25, -0.2) is 0 Å². The fourth-order valence-electron chi connectivity index (χ4n) is 6.10. The van der Waals surface area contributed by atoms with E-state index in [0.717, 1.165) is 33.5 Å². The van der Waals surface area contributed by atoms with Gasteiger partial charge in [0.05, 0.1) is 55.6 Å². The van der Waals surface area contributed by atoms with Gasteiger partial charge < -0.3 is 25.0 Å². The fourth-order valence-corrected chi connectivity index (χ4v) is 6.10. The van der Waals surface area contributed by atoms with Gasteiger partial charge in [0.25, 0.3) is 0 Å². The normalized spacial score (nSPS) is 17.6. The van der Waals surface area contributed by atoms with Crippen molar-refractivity contribution in [1.29, 1.82) is 0 Å². The summed E-state index contributed by atoms with van der Waals surface area (Å²) < 4.78 is 11.4. The van der Waals surface area contributed by atoms with Crippen molar-refractivity contribution >= 4 is 39.7 Å². The van der Waals surface area contributed by atoms with Crippen molar-refractivity contribution in [3.63, 3.8) is 0 Å². The van der Waals surface area contributed by atoms with Gasteiger partial charge in [0, 0.05) is 28.6 Å². The second kappa shape index (κ2) is 10.9. The molecule has 1 aromatic heterocycles. The highest BCUT2D eigenvalue weighted by Crippen LogP contribution is 2.50. The molecule has 2 heterocycles. The molecule has 42 heavy (non-hydrogen) atoms. The zero-order chi connectivity index (χ0) is 29.4. The maximum Gasteiger partial charge on any atom is 0.243 e. The second-order valence-electron chi connectivity index (χ2n) is 11.6. The molecule has 3 aromatic carbocycles. The lowest BCUT2D eigenvalue weighted by Gasteiger charge is -2.38. The van der Waals surface area contributed by atoms with Crippen LogP contribution in [0.25, 0.3) is 10.9 Å². The van der Waals surface area contributed by atoms with E-state index in [1.807, 2.05) is 77.7 Å². The van der Waals surface area contributed by atoms with E-state index in [2.05, 4.69) is 29.5 Å². The topological polar surface area (TPSA) is 92.8 Å².